The molecule has 4 heterocycles. The second-order valence-corrected chi connectivity index (χ2v) is 8.45. The summed E-state index contributed by atoms with van der Waals surface area (Å²) in [6.07, 6.45) is 5.55. The normalized spacial score (nSPS) is 17.6. The summed E-state index contributed by atoms with van der Waals surface area (Å²) >= 11 is 0. The third kappa shape index (κ3) is 4.05. The smallest absolute Gasteiger partial charge is 0.238 e. The molecule has 1 aliphatic heterocycles. The Balaban J connectivity index is 1.38. The van der Waals surface area contributed by atoms with Gasteiger partial charge in [0.2, 0.25) is 5.88 Å². The first-order chi connectivity index (χ1) is 16.4. The van der Waals surface area contributed by atoms with E-state index in [1.54, 1.807) is 18.1 Å². The highest BCUT2D eigenvalue weighted by Crippen LogP contribution is 2.37. The van der Waals surface area contributed by atoms with Gasteiger partial charge < -0.3 is 14.4 Å². The quantitative estimate of drug-likeness (QED) is 0.469. The number of halogens is 2. The minimum Gasteiger partial charge on any atom is -0.479 e. The molecule has 0 radical (unpaired) electrons. The van der Waals surface area contributed by atoms with E-state index in [4.69, 9.17) is 4.74 Å². The number of benzene rings is 1. The van der Waals surface area contributed by atoms with Crippen molar-refractivity contribution < 1.29 is 18.6 Å². The molecule has 1 atom stereocenters. The zero-order chi connectivity index (χ0) is 23.9. The molecule has 1 aromatic carbocycles. The van der Waals surface area contributed by atoms with Gasteiger partial charge in [0.15, 0.2) is 11.6 Å². The van der Waals surface area contributed by atoms with Crippen LogP contribution in [0, 0.1) is 18.6 Å². The number of ether oxygens (including phenoxy) is 1. The van der Waals surface area contributed by atoms with E-state index in [9.17, 15) is 13.9 Å². The van der Waals surface area contributed by atoms with E-state index in [1.807, 2.05) is 29.8 Å². The molecule has 8 nitrogen and oxygen atoms in total. The summed E-state index contributed by atoms with van der Waals surface area (Å²) in [6, 6.07) is 6.91. The van der Waals surface area contributed by atoms with Gasteiger partial charge in [-0.25, -0.2) is 28.4 Å². The van der Waals surface area contributed by atoms with E-state index in [2.05, 4.69) is 20.1 Å². The molecule has 0 unspecified atom stereocenters. The van der Waals surface area contributed by atoms with Gasteiger partial charge >= 0.3 is 0 Å². The summed E-state index contributed by atoms with van der Waals surface area (Å²) in [7, 11) is 1.57. The van der Waals surface area contributed by atoms with Crippen LogP contribution in [0.15, 0.2) is 42.9 Å². The Kier molecular flexibility index (Phi) is 5.60. The number of pyridine rings is 1. The predicted octanol–water partition coefficient (Wildman–Crippen LogP) is 3.27. The Labute approximate surface area is 194 Å². The molecular weight excluding hydrogens is 442 g/mol. The predicted molar refractivity (Wildman–Crippen MR) is 119 cm³/mol. The Hall–Kier alpha value is -3.66. The Morgan fingerprint density at radius 1 is 1.12 bits per heavy atom. The van der Waals surface area contributed by atoms with Gasteiger partial charge in [0, 0.05) is 30.9 Å². The molecule has 0 bridgehead atoms. The molecule has 1 N–H and O–H groups in total. The second-order valence-electron chi connectivity index (χ2n) is 8.45. The molecule has 10 heteroatoms. The van der Waals surface area contributed by atoms with Crippen LogP contribution in [-0.4, -0.2) is 41.5 Å². The molecule has 0 saturated carbocycles. The van der Waals surface area contributed by atoms with E-state index in [0.29, 0.717) is 49.8 Å². The first-order valence-electron chi connectivity index (χ1n) is 11.0. The summed E-state index contributed by atoms with van der Waals surface area (Å²) in [4.78, 5) is 13.4. The summed E-state index contributed by atoms with van der Waals surface area (Å²) in [5.74, 6) is -0.170. The highest BCUT2D eigenvalue weighted by Gasteiger charge is 2.40. The van der Waals surface area contributed by atoms with Crippen LogP contribution in [0.4, 0.5) is 8.78 Å². The van der Waals surface area contributed by atoms with Crippen LogP contribution in [0.5, 0.6) is 5.88 Å². The molecule has 0 amide bonds. The molecule has 0 spiro atoms. The van der Waals surface area contributed by atoms with E-state index in [-0.39, 0.29) is 5.56 Å². The van der Waals surface area contributed by atoms with Crippen molar-refractivity contribution in [3.05, 3.63) is 83.1 Å². The number of methoxy groups -OCH3 is 1. The maximum Gasteiger partial charge on any atom is 0.238 e. The van der Waals surface area contributed by atoms with Crippen molar-refractivity contribution in [3.8, 4) is 11.6 Å². The van der Waals surface area contributed by atoms with Crippen LogP contribution < -0.4 is 4.74 Å². The van der Waals surface area contributed by atoms with Gasteiger partial charge in [0.05, 0.1) is 19.1 Å². The van der Waals surface area contributed by atoms with Crippen molar-refractivity contribution in [2.24, 2.45) is 0 Å². The van der Waals surface area contributed by atoms with Crippen LogP contribution >= 0.6 is 0 Å². The van der Waals surface area contributed by atoms with Crippen molar-refractivity contribution in [3.63, 3.8) is 0 Å². The van der Waals surface area contributed by atoms with Crippen molar-refractivity contribution in [2.75, 3.05) is 7.11 Å². The lowest BCUT2D eigenvalue weighted by molar-refractivity contribution is 0.0389. The number of hydrogen-bond donors (Lipinski definition) is 1. The summed E-state index contributed by atoms with van der Waals surface area (Å²) in [5, 5.41) is 15.9. The van der Waals surface area contributed by atoms with Gasteiger partial charge in [0.1, 0.15) is 22.9 Å². The van der Waals surface area contributed by atoms with Gasteiger partial charge in [-0.05, 0) is 56.0 Å². The monoisotopic (exact) mass is 466 g/mol. The van der Waals surface area contributed by atoms with E-state index >= 15 is 0 Å². The molecular formula is C24H24F2N6O2. The van der Waals surface area contributed by atoms with Gasteiger partial charge in [-0.3, -0.25) is 0 Å². The maximum absolute atomic E-state index is 13.8. The fourth-order valence-corrected chi connectivity index (χ4v) is 4.37. The number of nitrogens with zero attached hydrogens (tertiary/aromatic N) is 6. The van der Waals surface area contributed by atoms with Crippen LogP contribution in [0.3, 0.4) is 0 Å². The number of aromatic nitrogens is 6. The zero-order valence-corrected chi connectivity index (χ0v) is 18.9. The van der Waals surface area contributed by atoms with Gasteiger partial charge in [-0.15, -0.1) is 0 Å². The Morgan fingerprint density at radius 3 is 2.62 bits per heavy atom. The lowest BCUT2D eigenvalue weighted by Crippen LogP contribution is -2.35. The highest BCUT2D eigenvalue weighted by atomic mass is 19.1. The Bertz CT molecular complexity index is 1330. The lowest BCUT2D eigenvalue weighted by Gasteiger charge is -2.31. The first kappa shape index (κ1) is 22.1. The third-order valence-electron chi connectivity index (χ3n) is 6.02. The number of aryl methyl sites for hydroxylation is 4. The fraction of sp³-hybridized carbons (Fsp3) is 0.333. The standard InChI is InChI=1S/C24H24F2N6O2/c1-15-13-31(14-27-15)20-6-4-19(28-22(20)34-2)5-7-21-29-23-24(33,8-3-9-32(23)30-21)16-10-17(25)12-18(26)11-16/h4,6,10-14,33H,3,5,7-9H2,1-2H3/t24-/m0/s1. The Morgan fingerprint density at radius 2 is 1.91 bits per heavy atom. The molecule has 1 aliphatic rings. The largest absolute Gasteiger partial charge is 0.479 e. The average molecular weight is 466 g/mol. The van der Waals surface area contributed by atoms with Crippen molar-refractivity contribution in [1.82, 2.24) is 29.3 Å². The van der Waals surface area contributed by atoms with Crippen LogP contribution in [0.2, 0.25) is 0 Å². The SMILES string of the molecule is COc1nc(CCc2nc3n(n2)CCC[C@]3(O)c2cc(F)cc(F)c2)ccc1-n1cnc(C)c1. The fourth-order valence-electron chi connectivity index (χ4n) is 4.37. The molecule has 3 aromatic heterocycles. The molecule has 4 aromatic rings. The first-order valence-corrected chi connectivity index (χ1v) is 11.0. The van der Waals surface area contributed by atoms with Crippen LogP contribution in [0.25, 0.3) is 5.69 Å². The van der Waals surface area contributed by atoms with Crippen LogP contribution in [0.1, 0.15) is 41.4 Å². The average Bonchev–Trinajstić information content (AvgIpc) is 3.44. The topological polar surface area (TPSA) is 90.9 Å². The molecule has 176 valence electrons. The van der Waals surface area contributed by atoms with E-state index in [0.717, 1.165) is 35.3 Å². The number of imidazole rings is 1. The molecule has 5 rings (SSSR count). The third-order valence-corrected chi connectivity index (χ3v) is 6.02. The maximum atomic E-state index is 13.8. The summed E-state index contributed by atoms with van der Waals surface area (Å²) in [6.45, 7) is 2.49. The van der Waals surface area contributed by atoms with Crippen molar-refractivity contribution in [1.29, 1.82) is 0 Å². The molecule has 0 fully saturated rings. The van der Waals surface area contributed by atoms with Crippen molar-refractivity contribution in [2.45, 2.75) is 44.8 Å². The summed E-state index contributed by atoms with van der Waals surface area (Å²) < 4.78 is 36.6. The highest BCUT2D eigenvalue weighted by molar-refractivity contribution is 5.43. The van der Waals surface area contributed by atoms with Gasteiger partial charge in [-0.2, -0.15) is 5.10 Å². The van der Waals surface area contributed by atoms with Crippen molar-refractivity contribution >= 4 is 0 Å². The van der Waals surface area contributed by atoms with Crippen LogP contribution in [-0.2, 0) is 25.0 Å². The minimum absolute atomic E-state index is 0.140. The number of rotatable bonds is 6. The number of fused-ring (bicyclic) bond motifs is 1. The van der Waals surface area contributed by atoms with E-state index in [1.165, 1.54) is 0 Å². The molecule has 0 aliphatic carbocycles. The number of aliphatic hydroxyl groups is 1. The summed E-state index contributed by atoms with van der Waals surface area (Å²) in [5.41, 5.74) is 1.02. The second kappa shape index (κ2) is 8.60. The van der Waals surface area contributed by atoms with E-state index < -0.39 is 17.2 Å². The number of hydrogen-bond acceptors (Lipinski definition) is 6. The van der Waals surface area contributed by atoms with Gasteiger partial charge in [0.25, 0.3) is 0 Å². The van der Waals surface area contributed by atoms with Gasteiger partial charge in [-0.1, -0.05) is 0 Å². The molecule has 0 saturated heterocycles. The molecule has 34 heavy (non-hydrogen) atoms. The minimum atomic E-state index is -1.60. The zero-order valence-electron chi connectivity index (χ0n) is 18.9. The lowest BCUT2D eigenvalue weighted by atomic mass is 9.86.